The number of amides is 1. The molecule has 1 heterocycles. The third-order valence-corrected chi connectivity index (χ3v) is 5.32. The molecule has 0 saturated carbocycles. The minimum atomic E-state index is -0.298. The largest absolute Gasteiger partial charge is 0.493 e. The molecule has 0 unspecified atom stereocenters. The van der Waals surface area contributed by atoms with Crippen molar-refractivity contribution in [1.29, 1.82) is 5.41 Å². The number of carbonyl (C=O) groups excluding carboxylic acids is 1. The van der Waals surface area contributed by atoms with Crippen LogP contribution in [-0.2, 0) is 4.79 Å². The standard InChI is InChI=1S/C18H14Cl2N2O3S/c1-24-14-6-3-10(7-15(14)25-2)8-16-17(23)22(18(21)26-16)11-4-5-12(19)13(20)9-11/h3-9,21H,1-2H3/b16-8-,21-18?. The van der Waals surface area contributed by atoms with E-state index in [1.807, 2.05) is 6.07 Å². The normalized spacial score (nSPS) is 15.7. The van der Waals surface area contributed by atoms with Gasteiger partial charge in [-0.15, -0.1) is 0 Å². The van der Waals surface area contributed by atoms with Gasteiger partial charge in [-0.05, 0) is 53.7 Å². The van der Waals surface area contributed by atoms with Gasteiger partial charge in [0, 0.05) is 0 Å². The van der Waals surface area contributed by atoms with E-state index in [9.17, 15) is 4.79 Å². The van der Waals surface area contributed by atoms with E-state index in [0.717, 1.165) is 17.3 Å². The van der Waals surface area contributed by atoms with Gasteiger partial charge in [-0.3, -0.25) is 15.1 Å². The fourth-order valence-corrected chi connectivity index (χ4v) is 3.59. The van der Waals surface area contributed by atoms with E-state index in [0.29, 0.717) is 32.1 Å². The van der Waals surface area contributed by atoms with Crippen LogP contribution in [0.5, 0.6) is 11.5 Å². The number of anilines is 1. The van der Waals surface area contributed by atoms with Gasteiger partial charge in [-0.1, -0.05) is 29.3 Å². The van der Waals surface area contributed by atoms with Crippen molar-refractivity contribution in [2.75, 3.05) is 19.1 Å². The Bertz CT molecular complexity index is 931. The number of amidine groups is 1. The van der Waals surface area contributed by atoms with E-state index >= 15 is 0 Å². The Hall–Kier alpha value is -2.15. The zero-order chi connectivity index (χ0) is 18.8. The molecule has 0 aromatic heterocycles. The highest BCUT2D eigenvalue weighted by Gasteiger charge is 2.33. The summed E-state index contributed by atoms with van der Waals surface area (Å²) in [6.07, 6.45) is 1.71. The lowest BCUT2D eigenvalue weighted by Gasteiger charge is -2.14. The van der Waals surface area contributed by atoms with Gasteiger partial charge in [0.15, 0.2) is 16.7 Å². The van der Waals surface area contributed by atoms with Crippen LogP contribution in [0.15, 0.2) is 41.3 Å². The molecule has 2 aromatic rings. The van der Waals surface area contributed by atoms with Crippen LogP contribution in [-0.4, -0.2) is 25.3 Å². The number of benzene rings is 2. The fraction of sp³-hybridized carbons (Fsp3) is 0.111. The number of halogens is 2. The van der Waals surface area contributed by atoms with E-state index in [1.54, 1.807) is 50.6 Å². The van der Waals surface area contributed by atoms with Gasteiger partial charge in [0.2, 0.25) is 0 Å². The van der Waals surface area contributed by atoms with Crippen molar-refractivity contribution >= 4 is 57.8 Å². The first-order chi connectivity index (χ1) is 12.4. The molecule has 0 radical (unpaired) electrons. The number of hydrogen-bond acceptors (Lipinski definition) is 5. The van der Waals surface area contributed by atoms with Crippen LogP contribution in [0.25, 0.3) is 6.08 Å². The quantitative estimate of drug-likeness (QED) is 0.717. The van der Waals surface area contributed by atoms with Crippen molar-refractivity contribution in [3.63, 3.8) is 0 Å². The molecular formula is C18H14Cl2N2O3S. The molecule has 1 aliphatic heterocycles. The zero-order valence-electron chi connectivity index (χ0n) is 13.9. The monoisotopic (exact) mass is 408 g/mol. The summed E-state index contributed by atoms with van der Waals surface area (Å²) in [5.41, 5.74) is 1.26. The molecule has 1 fully saturated rings. The van der Waals surface area contributed by atoms with E-state index in [4.69, 9.17) is 38.1 Å². The minimum absolute atomic E-state index is 0.0973. The Morgan fingerprint density at radius 2 is 1.77 bits per heavy atom. The maximum absolute atomic E-state index is 12.8. The average Bonchev–Trinajstić information content (AvgIpc) is 2.91. The molecule has 1 aliphatic rings. The molecule has 0 bridgehead atoms. The summed E-state index contributed by atoms with van der Waals surface area (Å²) in [5, 5.41) is 8.96. The highest BCUT2D eigenvalue weighted by Crippen LogP contribution is 2.38. The molecule has 1 amide bonds. The van der Waals surface area contributed by atoms with Crippen LogP contribution in [0, 0.1) is 5.41 Å². The van der Waals surface area contributed by atoms with Crippen molar-refractivity contribution < 1.29 is 14.3 Å². The van der Waals surface area contributed by atoms with Gasteiger partial charge in [-0.2, -0.15) is 0 Å². The number of hydrogen-bond donors (Lipinski definition) is 1. The molecule has 8 heteroatoms. The zero-order valence-corrected chi connectivity index (χ0v) is 16.2. The SMILES string of the molecule is COc1ccc(/C=C2\SC(=N)N(c3ccc(Cl)c(Cl)c3)C2=O)cc1OC. The first kappa shape index (κ1) is 18.6. The van der Waals surface area contributed by atoms with Crippen molar-refractivity contribution in [3.05, 3.63) is 56.9 Å². The van der Waals surface area contributed by atoms with Crippen LogP contribution in [0.3, 0.4) is 0 Å². The summed E-state index contributed by atoms with van der Waals surface area (Å²) >= 11 is 13.0. The van der Waals surface area contributed by atoms with Crippen molar-refractivity contribution in [1.82, 2.24) is 0 Å². The van der Waals surface area contributed by atoms with Crippen LogP contribution >= 0.6 is 35.0 Å². The summed E-state index contributed by atoms with van der Waals surface area (Å²) in [5.74, 6) is 0.868. The third kappa shape index (κ3) is 3.53. The summed E-state index contributed by atoms with van der Waals surface area (Å²) in [7, 11) is 3.11. The number of carbonyl (C=O) groups is 1. The Balaban J connectivity index is 1.93. The van der Waals surface area contributed by atoms with E-state index in [-0.39, 0.29) is 11.1 Å². The van der Waals surface area contributed by atoms with E-state index in [1.165, 1.54) is 4.90 Å². The molecule has 5 nitrogen and oxygen atoms in total. The number of nitrogens with zero attached hydrogens (tertiary/aromatic N) is 1. The first-order valence-corrected chi connectivity index (χ1v) is 9.01. The molecule has 1 saturated heterocycles. The maximum Gasteiger partial charge on any atom is 0.271 e. The molecule has 26 heavy (non-hydrogen) atoms. The van der Waals surface area contributed by atoms with Crippen LogP contribution in [0.2, 0.25) is 10.0 Å². The van der Waals surface area contributed by atoms with Gasteiger partial charge in [-0.25, -0.2) is 0 Å². The average molecular weight is 409 g/mol. The molecule has 0 aliphatic carbocycles. The minimum Gasteiger partial charge on any atom is -0.493 e. The molecule has 0 spiro atoms. The Kier molecular flexibility index (Phi) is 5.46. The highest BCUT2D eigenvalue weighted by atomic mass is 35.5. The van der Waals surface area contributed by atoms with Crippen LogP contribution < -0.4 is 14.4 Å². The molecule has 2 aromatic carbocycles. The van der Waals surface area contributed by atoms with Gasteiger partial charge in [0.05, 0.1) is 34.9 Å². The molecule has 3 rings (SSSR count). The maximum atomic E-state index is 12.8. The second-order valence-electron chi connectivity index (χ2n) is 5.27. The highest BCUT2D eigenvalue weighted by molar-refractivity contribution is 8.19. The smallest absolute Gasteiger partial charge is 0.271 e. The first-order valence-electron chi connectivity index (χ1n) is 7.44. The summed E-state index contributed by atoms with van der Waals surface area (Å²) in [6.45, 7) is 0. The molecular weight excluding hydrogens is 395 g/mol. The fourth-order valence-electron chi connectivity index (χ4n) is 2.44. The van der Waals surface area contributed by atoms with Gasteiger partial charge >= 0.3 is 0 Å². The molecule has 0 atom stereocenters. The number of methoxy groups -OCH3 is 2. The second kappa shape index (κ2) is 7.61. The molecule has 1 N–H and O–H groups in total. The van der Waals surface area contributed by atoms with Crippen molar-refractivity contribution in [2.45, 2.75) is 0 Å². The lowest BCUT2D eigenvalue weighted by atomic mass is 10.2. The lowest BCUT2D eigenvalue weighted by molar-refractivity contribution is -0.113. The van der Waals surface area contributed by atoms with Gasteiger partial charge < -0.3 is 9.47 Å². The Labute approximate surface area is 165 Å². The number of rotatable bonds is 4. The van der Waals surface area contributed by atoms with Crippen molar-refractivity contribution in [2.24, 2.45) is 0 Å². The second-order valence-corrected chi connectivity index (χ2v) is 7.11. The molecule has 134 valence electrons. The summed E-state index contributed by atoms with van der Waals surface area (Å²) < 4.78 is 10.5. The van der Waals surface area contributed by atoms with E-state index in [2.05, 4.69) is 0 Å². The van der Waals surface area contributed by atoms with Gasteiger partial charge in [0.1, 0.15) is 0 Å². The third-order valence-electron chi connectivity index (χ3n) is 3.69. The number of thioether (sulfide) groups is 1. The predicted octanol–water partition coefficient (Wildman–Crippen LogP) is 5.07. The predicted molar refractivity (Wildman–Crippen MR) is 107 cm³/mol. The van der Waals surface area contributed by atoms with Gasteiger partial charge in [0.25, 0.3) is 5.91 Å². The van der Waals surface area contributed by atoms with Crippen LogP contribution in [0.1, 0.15) is 5.56 Å². The number of ether oxygens (including phenoxy) is 2. The Morgan fingerprint density at radius 1 is 1.04 bits per heavy atom. The van der Waals surface area contributed by atoms with E-state index < -0.39 is 0 Å². The number of nitrogens with one attached hydrogen (secondary N) is 1. The topological polar surface area (TPSA) is 62.6 Å². The Morgan fingerprint density at radius 3 is 2.42 bits per heavy atom. The van der Waals surface area contributed by atoms with Crippen molar-refractivity contribution in [3.8, 4) is 11.5 Å². The summed E-state index contributed by atoms with van der Waals surface area (Å²) in [6, 6.07) is 10.2. The lowest BCUT2D eigenvalue weighted by Crippen LogP contribution is -2.28. The van der Waals surface area contributed by atoms with Crippen LogP contribution in [0.4, 0.5) is 5.69 Å². The summed E-state index contributed by atoms with van der Waals surface area (Å²) in [4.78, 5) is 14.5.